The molecule has 2 aromatic heterocycles. The van der Waals surface area contributed by atoms with Crippen LogP contribution in [0.3, 0.4) is 0 Å². The number of rotatable bonds is 8. The molecule has 0 radical (unpaired) electrons. The quantitative estimate of drug-likeness (QED) is 0.234. The molecule has 0 spiro atoms. The zero-order valence-corrected chi connectivity index (χ0v) is 22.6. The number of sulfonamides is 1. The van der Waals surface area contributed by atoms with Gasteiger partial charge in [0.2, 0.25) is 15.9 Å². The second-order valence-corrected chi connectivity index (χ2v) is 11.3. The maximum absolute atomic E-state index is 15.6. The topological polar surface area (TPSA) is 118 Å². The van der Waals surface area contributed by atoms with Crippen LogP contribution in [0.2, 0.25) is 0 Å². The van der Waals surface area contributed by atoms with Crippen molar-refractivity contribution in [2.75, 3.05) is 28.9 Å². The molecule has 0 aliphatic carbocycles. The van der Waals surface area contributed by atoms with Gasteiger partial charge in [0.25, 0.3) is 0 Å². The lowest BCUT2D eigenvalue weighted by Crippen LogP contribution is -2.38. The highest BCUT2D eigenvalue weighted by atomic mass is 32.2. The van der Waals surface area contributed by atoms with E-state index in [1.807, 2.05) is 0 Å². The summed E-state index contributed by atoms with van der Waals surface area (Å²) < 4.78 is 86.3. The Morgan fingerprint density at radius 2 is 1.83 bits per heavy atom. The summed E-state index contributed by atoms with van der Waals surface area (Å²) in [5.41, 5.74) is 0.245. The molecular formula is C27H26F4N6O3S. The molecule has 5 rings (SSSR count). The molecule has 0 bridgehead atoms. The molecule has 1 atom stereocenters. The lowest BCUT2D eigenvalue weighted by atomic mass is 10.0. The standard InChI is InChI=1S/C27H26F4N6O3S/c1-16-22(28)24(37-41(38,39)15-27(29,30)31)19-6-2-3-7-20(19)25(16)40-26-23(34-11-12-35-26)17-8-10-33-21(13-17)36-18-5-4-9-32-14-18/h2-3,6-8,10-13,18,32,37H,4-5,9,14-15H2,1H3,(H,33,36)/t18-/m0/s1. The van der Waals surface area contributed by atoms with Gasteiger partial charge >= 0.3 is 6.18 Å². The van der Waals surface area contributed by atoms with Gasteiger partial charge in [-0.3, -0.25) is 4.72 Å². The number of alkyl halides is 3. The molecule has 2 aromatic carbocycles. The van der Waals surface area contributed by atoms with Gasteiger partial charge in [-0.15, -0.1) is 0 Å². The number of benzene rings is 2. The summed E-state index contributed by atoms with van der Waals surface area (Å²) in [5, 5.41) is 7.01. The number of hydrogen-bond acceptors (Lipinski definition) is 8. The van der Waals surface area contributed by atoms with Gasteiger partial charge in [0.05, 0.1) is 5.69 Å². The summed E-state index contributed by atoms with van der Waals surface area (Å²) in [6.45, 7) is 3.12. The summed E-state index contributed by atoms with van der Waals surface area (Å²) in [5.74, 6) is -2.54. The van der Waals surface area contributed by atoms with Crippen LogP contribution in [-0.4, -0.2) is 54.4 Å². The molecule has 0 saturated carbocycles. The summed E-state index contributed by atoms with van der Waals surface area (Å²) >= 11 is 0. The molecule has 1 aliphatic rings. The van der Waals surface area contributed by atoms with E-state index in [0.29, 0.717) is 17.1 Å². The van der Waals surface area contributed by atoms with E-state index in [4.69, 9.17) is 4.74 Å². The van der Waals surface area contributed by atoms with Crippen LogP contribution in [0.5, 0.6) is 11.6 Å². The first-order valence-corrected chi connectivity index (χ1v) is 14.4. The van der Waals surface area contributed by atoms with Gasteiger partial charge in [-0.25, -0.2) is 27.8 Å². The zero-order chi connectivity index (χ0) is 29.2. The molecule has 1 aliphatic heterocycles. The normalized spacial score (nSPS) is 16.0. The SMILES string of the molecule is Cc1c(F)c(NS(=O)(=O)CC(F)(F)F)c2ccccc2c1Oc1nccnc1-c1ccnc(N[C@H]2CCCNC2)c1. The van der Waals surface area contributed by atoms with Crippen LogP contribution in [0.15, 0.2) is 55.0 Å². The molecule has 9 nitrogen and oxygen atoms in total. The Kier molecular flexibility index (Phi) is 7.95. The van der Waals surface area contributed by atoms with Crippen LogP contribution in [0, 0.1) is 12.7 Å². The molecule has 0 amide bonds. The average Bonchev–Trinajstić information content (AvgIpc) is 2.93. The maximum Gasteiger partial charge on any atom is 0.404 e. The Morgan fingerprint density at radius 1 is 1.07 bits per heavy atom. The van der Waals surface area contributed by atoms with Crippen LogP contribution in [-0.2, 0) is 10.0 Å². The molecule has 3 heterocycles. The molecule has 4 aromatic rings. The second kappa shape index (κ2) is 11.4. The molecular weight excluding hydrogens is 564 g/mol. The van der Waals surface area contributed by atoms with Gasteiger partial charge in [-0.2, -0.15) is 13.2 Å². The largest absolute Gasteiger partial charge is 0.436 e. The predicted octanol–water partition coefficient (Wildman–Crippen LogP) is 5.40. The molecule has 3 N–H and O–H groups in total. The van der Waals surface area contributed by atoms with Crippen molar-refractivity contribution in [2.24, 2.45) is 0 Å². The minimum Gasteiger partial charge on any atom is -0.436 e. The van der Waals surface area contributed by atoms with E-state index >= 15 is 4.39 Å². The third kappa shape index (κ3) is 6.65. The number of piperidine rings is 1. The van der Waals surface area contributed by atoms with E-state index in [1.54, 1.807) is 35.2 Å². The number of nitrogens with one attached hydrogen (secondary N) is 3. The Morgan fingerprint density at radius 3 is 2.56 bits per heavy atom. The van der Waals surface area contributed by atoms with Gasteiger partial charge in [0.15, 0.2) is 11.6 Å². The number of anilines is 2. The highest BCUT2D eigenvalue weighted by Gasteiger charge is 2.36. The van der Waals surface area contributed by atoms with Crippen LogP contribution in [0.1, 0.15) is 18.4 Å². The summed E-state index contributed by atoms with van der Waals surface area (Å²) in [4.78, 5) is 13.1. The molecule has 216 valence electrons. The van der Waals surface area contributed by atoms with Crippen molar-refractivity contribution in [2.45, 2.75) is 32.0 Å². The van der Waals surface area contributed by atoms with Crippen molar-refractivity contribution in [3.05, 3.63) is 66.4 Å². The van der Waals surface area contributed by atoms with Gasteiger partial charge in [-0.1, -0.05) is 24.3 Å². The smallest absolute Gasteiger partial charge is 0.404 e. The van der Waals surface area contributed by atoms with Crippen LogP contribution >= 0.6 is 0 Å². The fourth-order valence-corrected chi connectivity index (χ4v) is 5.69. The van der Waals surface area contributed by atoms with Gasteiger partial charge < -0.3 is 15.4 Å². The highest BCUT2D eigenvalue weighted by Crippen LogP contribution is 2.42. The number of pyridine rings is 1. The average molecular weight is 591 g/mol. The number of aromatic nitrogens is 3. The summed E-state index contributed by atoms with van der Waals surface area (Å²) in [6, 6.07) is 9.78. The van der Waals surface area contributed by atoms with Crippen LogP contribution in [0.25, 0.3) is 22.0 Å². The Labute approximate surface area is 233 Å². The molecule has 14 heteroatoms. The third-order valence-electron chi connectivity index (χ3n) is 6.49. The van der Waals surface area contributed by atoms with Crippen molar-refractivity contribution in [1.82, 2.24) is 20.3 Å². The van der Waals surface area contributed by atoms with Crippen LogP contribution in [0.4, 0.5) is 29.1 Å². The van der Waals surface area contributed by atoms with E-state index in [-0.39, 0.29) is 34.0 Å². The monoisotopic (exact) mass is 590 g/mol. The number of ether oxygens (including phenoxy) is 1. The first-order chi connectivity index (χ1) is 19.5. The molecule has 0 unspecified atom stereocenters. The number of fused-ring (bicyclic) bond motifs is 1. The van der Waals surface area contributed by atoms with Crippen molar-refractivity contribution in [1.29, 1.82) is 0 Å². The van der Waals surface area contributed by atoms with Crippen molar-refractivity contribution in [3.63, 3.8) is 0 Å². The fraction of sp³-hybridized carbons (Fsp3) is 0.296. The maximum atomic E-state index is 15.6. The number of halogens is 4. The zero-order valence-electron chi connectivity index (χ0n) is 21.8. The molecule has 1 saturated heterocycles. The number of nitrogens with zero attached hydrogens (tertiary/aromatic N) is 3. The summed E-state index contributed by atoms with van der Waals surface area (Å²) in [7, 11) is -4.95. The first-order valence-electron chi connectivity index (χ1n) is 12.7. The summed E-state index contributed by atoms with van der Waals surface area (Å²) in [6.07, 6.45) is 1.54. The van der Waals surface area contributed by atoms with E-state index in [0.717, 1.165) is 25.9 Å². The highest BCUT2D eigenvalue weighted by molar-refractivity contribution is 7.92. The van der Waals surface area contributed by atoms with Crippen molar-refractivity contribution < 1.29 is 30.7 Å². The lowest BCUT2D eigenvalue weighted by molar-refractivity contribution is -0.106. The van der Waals surface area contributed by atoms with Gasteiger partial charge in [-0.05, 0) is 38.4 Å². The predicted molar refractivity (Wildman–Crippen MR) is 147 cm³/mol. The van der Waals surface area contributed by atoms with Gasteiger partial charge in [0.1, 0.15) is 17.3 Å². The van der Waals surface area contributed by atoms with Crippen LogP contribution < -0.4 is 20.1 Å². The lowest BCUT2D eigenvalue weighted by Gasteiger charge is -2.24. The van der Waals surface area contributed by atoms with E-state index in [9.17, 15) is 21.6 Å². The first kappa shape index (κ1) is 28.5. The minimum atomic E-state index is -5.01. The van der Waals surface area contributed by atoms with Gasteiger partial charge in [0, 0.05) is 53.1 Å². The second-order valence-electron chi connectivity index (χ2n) is 9.59. The van der Waals surface area contributed by atoms with E-state index < -0.39 is 33.5 Å². The van der Waals surface area contributed by atoms with E-state index in [2.05, 4.69) is 25.6 Å². The Bertz CT molecular complexity index is 1680. The fourth-order valence-electron chi connectivity index (χ4n) is 4.68. The Balaban J connectivity index is 1.52. The van der Waals surface area contributed by atoms with Crippen molar-refractivity contribution in [3.8, 4) is 22.9 Å². The third-order valence-corrected chi connectivity index (χ3v) is 7.71. The Hall–Kier alpha value is -4.04. The van der Waals surface area contributed by atoms with E-state index in [1.165, 1.54) is 31.5 Å². The minimum absolute atomic E-state index is 0.0123. The molecule has 41 heavy (non-hydrogen) atoms. The number of hydrogen-bond donors (Lipinski definition) is 3. The van der Waals surface area contributed by atoms with Crippen molar-refractivity contribution >= 4 is 32.3 Å². The molecule has 1 fully saturated rings.